The number of hydrogen-bond donors (Lipinski definition) is 1. The smallest absolute Gasteiger partial charge is 0.225 e. The topological polar surface area (TPSA) is 29.1 Å². The van der Waals surface area contributed by atoms with Gasteiger partial charge in [-0.25, -0.2) is 0 Å². The molecule has 0 aliphatic rings. The molecule has 0 radical (unpaired) electrons. The van der Waals surface area contributed by atoms with E-state index in [1.807, 2.05) is 19.9 Å². The monoisotopic (exact) mass is 243 g/mol. The summed E-state index contributed by atoms with van der Waals surface area (Å²) in [6, 6.07) is 6.01. The Morgan fingerprint density at radius 2 is 2.17 bits per heavy atom. The minimum absolute atomic E-state index is 0.0000926. The first-order valence-electron chi connectivity index (χ1n) is 6.38. The lowest BCUT2D eigenvalue weighted by Gasteiger charge is -2.13. The largest absolute Gasteiger partial charge is 0.342 e. The maximum atomic E-state index is 11.9. The molecule has 2 nitrogen and oxygen atoms in total. The fourth-order valence-electron chi connectivity index (χ4n) is 1.89. The van der Waals surface area contributed by atoms with Crippen LogP contribution in [0, 0.1) is 26.2 Å². The molecule has 1 atom stereocenters. The average Bonchev–Trinajstić information content (AvgIpc) is 2.33. The molecule has 1 N–H and O–H groups in total. The summed E-state index contributed by atoms with van der Waals surface area (Å²) >= 11 is 0. The van der Waals surface area contributed by atoms with Crippen LogP contribution in [0.5, 0.6) is 0 Å². The summed E-state index contributed by atoms with van der Waals surface area (Å²) in [7, 11) is 0. The van der Waals surface area contributed by atoms with Crippen LogP contribution in [-0.2, 0) is 11.2 Å². The zero-order valence-corrected chi connectivity index (χ0v) is 11.4. The maximum absolute atomic E-state index is 11.9. The Balaban J connectivity index is 2.64. The second-order valence-electron chi connectivity index (χ2n) is 4.68. The predicted octanol–water partition coefficient (Wildman–Crippen LogP) is 2.76. The molecule has 0 fully saturated rings. The van der Waals surface area contributed by atoms with Crippen LogP contribution in [0.4, 0.5) is 0 Å². The van der Waals surface area contributed by atoms with E-state index in [4.69, 9.17) is 6.42 Å². The zero-order valence-electron chi connectivity index (χ0n) is 11.4. The molecule has 2 heteroatoms. The first kappa shape index (κ1) is 14.3. The van der Waals surface area contributed by atoms with Gasteiger partial charge < -0.3 is 5.32 Å². The second kappa shape index (κ2) is 6.86. The SMILES string of the molecule is C#CC(CCC)NC(=O)Cc1cc(C)ccc1C. The van der Waals surface area contributed by atoms with Crippen molar-refractivity contribution in [1.82, 2.24) is 5.32 Å². The third-order valence-corrected chi connectivity index (χ3v) is 2.97. The highest BCUT2D eigenvalue weighted by molar-refractivity contribution is 5.79. The van der Waals surface area contributed by atoms with Crippen LogP contribution < -0.4 is 5.32 Å². The minimum Gasteiger partial charge on any atom is -0.342 e. The summed E-state index contributed by atoms with van der Waals surface area (Å²) in [5.41, 5.74) is 3.38. The molecule has 0 aromatic heterocycles. The van der Waals surface area contributed by atoms with E-state index in [2.05, 4.69) is 30.3 Å². The van der Waals surface area contributed by atoms with Crippen LogP contribution in [0.1, 0.15) is 36.5 Å². The Labute approximate surface area is 110 Å². The highest BCUT2D eigenvalue weighted by Crippen LogP contribution is 2.11. The van der Waals surface area contributed by atoms with Gasteiger partial charge >= 0.3 is 0 Å². The number of nitrogens with one attached hydrogen (secondary N) is 1. The Hall–Kier alpha value is -1.75. The van der Waals surface area contributed by atoms with Gasteiger partial charge in [-0.2, -0.15) is 0 Å². The molecule has 1 aromatic carbocycles. The summed E-state index contributed by atoms with van der Waals surface area (Å²) in [5.74, 6) is 2.61. The second-order valence-corrected chi connectivity index (χ2v) is 4.68. The molecule has 0 spiro atoms. The molecule has 0 aliphatic carbocycles. The van der Waals surface area contributed by atoms with E-state index in [0.29, 0.717) is 6.42 Å². The van der Waals surface area contributed by atoms with Gasteiger partial charge in [0, 0.05) is 0 Å². The number of carbonyl (C=O) groups is 1. The minimum atomic E-state index is -0.146. The maximum Gasteiger partial charge on any atom is 0.225 e. The van der Waals surface area contributed by atoms with Gasteiger partial charge in [-0.1, -0.05) is 43.0 Å². The Bertz CT molecular complexity index is 457. The first-order chi connectivity index (χ1) is 8.56. The van der Waals surface area contributed by atoms with Gasteiger partial charge in [-0.3, -0.25) is 4.79 Å². The summed E-state index contributed by atoms with van der Waals surface area (Å²) in [6.07, 6.45) is 7.59. The van der Waals surface area contributed by atoms with Gasteiger partial charge in [-0.05, 0) is 31.4 Å². The summed E-state index contributed by atoms with van der Waals surface area (Å²) in [4.78, 5) is 11.9. The van der Waals surface area contributed by atoms with E-state index < -0.39 is 0 Å². The number of rotatable bonds is 5. The van der Waals surface area contributed by atoms with Gasteiger partial charge in [0.1, 0.15) is 0 Å². The van der Waals surface area contributed by atoms with Gasteiger partial charge in [0.2, 0.25) is 5.91 Å². The van der Waals surface area contributed by atoms with Gasteiger partial charge in [0.05, 0.1) is 12.5 Å². The fourth-order valence-corrected chi connectivity index (χ4v) is 1.89. The van der Waals surface area contributed by atoms with Crippen molar-refractivity contribution in [2.45, 2.75) is 46.1 Å². The van der Waals surface area contributed by atoms with Gasteiger partial charge in [-0.15, -0.1) is 6.42 Å². The van der Waals surface area contributed by atoms with E-state index in [0.717, 1.165) is 24.0 Å². The standard InChI is InChI=1S/C16H21NO/c1-5-7-15(6-2)17-16(18)11-14-10-12(3)8-9-13(14)4/h2,8-10,15H,5,7,11H2,1,3-4H3,(H,17,18). The molecule has 1 amide bonds. The van der Waals surface area contributed by atoms with Crippen LogP contribution in [0.3, 0.4) is 0 Å². The van der Waals surface area contributed by atoms with Crippen molar-refractivity contribution < 1.29 is 4.79 Å². The Kier molecular flexibility index (Phi) is 5.45. The first-order valence-corrected chi connectivity index (χ1v) is 6.38. The van der Waals surface area contributed by atoms with Crippen LogP contribution in [0.25, 0.3) is 0 Å². The van der Waals surface area contributed by atoms with Gasteiger partial charge in [0.15, 0.2) is 0 Å². The third-order valence-electron chi connectivity index (χ3n) is 2.97. The van der Waals surface area contributed by atoms with Crippen molar-refractivity contribution in [1.29, 1.82) is 0 Å². The van der Waals surface area contributed by atoms with Crippen molar-refractivity contribution >= 4 is 5.91 Å². The number of aryl methyl sites for hydroxylation is 2. The van der Waals surface area contributed by atoms with Crippen LogP contribution >= 0.6 is 0 Å². The van der Waals surface area contributed by atoms with E-state index in [-0.39, 0.29) is 11.9 Å². The molecule has 0 heterocycles. The number of carbonyl (C=O) groups excluding carboxylic acids is 1. The third kappa shape index (κ3) is 4.25. The lowest BCUT2D eigenvalue weighted by atomic mass is 10.0. The van der Waals surface area contributed by atoms with E-state index in [1.165, 1.54) is 5.56 Å². The van der Waals surface area contributed by atoms with Crippen molar-refractivity contribution in [2.75, 3.05) is 0 Å². The molecule has 0 bridgehead atoms. The van der Waals surface area contributed by atoms with Gasteiger partial charge in [0.25, 0.3) is 0 Å². The lowest BCUT2D eigenvalue weighted by Crippen LogP contribution is -2.34. The molecule has 1 unspecified atom stereocenters. The zero-order chi connectivity index (χ0) is 13.5. The molecule has 1 rings (SSSR count). The molecular weight excluding hydrogens is 222 g/mol. The van der Waals surface area contributed by atoms with Crippen molar-refractivity contribution in [3.8, 4) is 12.3 Å². The van der Waals surface area contributed by atoms with E-state index >= 15 is 0 Å². The lowest BCUT2D eigenvalue weighted by molar-refractivity contribution is -0.120. The highest BCUT2D eigenvalue weighted by Gasteiger charge is 2.10. The summed E-state index contributed by atoms with van der Waals surface area (Å²) in [6.45, 7) is 6.11. The quantitative estimate of drug-likeness (QED) is 0.792. The number of terminal acetylenes is 1. The normalized spacial score (nSPS) is 11.7. The van der Waals surface area contributed by atoms with Crippen molar-refractivity contribution in [3.05, 3.63) is 34.9 Å². The molecule has 1 aromatic rings. The number of benzene rings is 1. The van der Waals surface area contributed by atoms with Crippen LogP contribution in [0.2, 0.25) is 0 Å². The van der Waals surface area contributed by atoms with Crippen LogP contribution in [0.15, 0.2) is 18.2 Å². The molecule has 96 valence electrons. The molecule has 18 heavy (non-hydrogen) atoms. The molecule has 0 saturated carbocycles. The fraction of sp³-hybridized carbons (Fsp3) is 0.438. The number of hydrogen-bond acceptors (Lipinski definition) is 1. The Morgan fingerprint density at radius 3 is 2.78 bits per heavy atom. The number of amides is 1. The van der Waals surface area contributed by atoms with Crippen molar-refractivity contribution in [2.24, 2.45) is 0 Å². The highest BCUT2D eigenvalue weighted by atomic mass is 16.1. The molecule has 0 aliphatic heterocycles. The van der Waals surface area contributed by atoms with Crippen LogP contribution in [-0.4, -0.2) is 11.9 Å². The summed E-state index contributed by atoms with van der Waals surface area (Å²) < 4.78 is 0. The van der Waals surface area contributed by atoms with E-state index in [9.17, 15) is 4.79 Å². The Morgan fingerprint density at radius 1 is 1.44 bits per heavy atom. The van der Waals surface area contributed by atoms with E-state index in [1.54, 1.807) is 0 Å². The average molecular weight is 243 g/mol. The predicted molar refractivity (Wildman–Crippen MR) is 75.3 cm³/mol. The molecule has 0 saturated heterocycles. The molecular formula is C16H21NO. The van der Waals surface area contributed by atoms with Crippen molar-refractivity contribution in [3.63, 3.8) is 0 Å². The summed E-state index contributed by atoms with van der Waals surface area (Å²) in [5, 5.41) is 2.89.